The summed E-state index contributed by atoms with van der Waals surface area (Å²) in [5.74, 6) is -1.79. The van der Waals surface area contributed by atoms with E-state index in [0.717, 1.165) is 10.6 Å². The quantitative estimate of drug-likeness (QED) is 0.581. The Labute approximate surface area is 144 Å². The van der Waals surface area contributed by atoms with Gasteiger partial charge in [-0.15, -0.1) is 11.3 Å². The third-order valence-corrected chi connectivity index (χ3v) is 4.87. The largest absolute Gasteiger partial charge is 0.507 e. The molecular formula is C16H11FN2O3S2. The van der Waals surface area contributed by atoms with Crippen molar-refractivity contribution in [2.24, 2.45) is 0 Å². The molecule has 2 aromatic carbocycles. The standard InChI is InChI=1S/C16H11FN2O3S2/c17-10-3-1-9(2-4-10)15-18-14(8-23-15)24-19-11-5-6-12(16(21)22)13(20)7-11/h1-8,19-20H,(H,21,22). The van der Waals surface area contributed by atoms with Gasteiger partial charge in [0.2, 0.25) is 0 Å². The molecule has 0 saturated carbocycles. The van der Waals surface area contributed by atoms with Crippen LogP contribution in [0.2, 0.25) is 0 Å². The molecule has 0 aliphatic heterocycles. The van der Waals surface area contributed by atoms with E-state index < -0.39 is 5.97 Å². The smallest absolute Gasteiger partial charge is 0.339 e. The number of rotatable bonds is 5. The van der Waals surface area contributed by atoms with E-state index in [9.17, 15) is 14.3 Å². The van der Waals surface area contributed by atoms with E-state index in [1.54, 1.807) is 18.2 Å². The molecule has 3 N–H and O–H groups in total. The Hall–Kier alpha value is -2.58. The number of carbonyl (C=O) groups is 1. The molecule has 0 atom stereocenters. The molecule has 0 aliphatic carbocycles. The number of hydrogen-bond donors (Lipinski definition) is 3. The van der Waals surface area contributed by atoms with Gasteiger partial charge in [-0.05, 0) is 36.4 Å². The number of carboxylic acid groups (broad SMARTS) is 1. The van der Waals surface area contributed by atoms with Crippen LogP contribution in [0.3, 0.4) is 0 Å². The van der Waals surface area contributed by atoms with Crippen LogP contribution in [0.15, 0.2) is 52.9 Å². The fraction of sp³-hybridized carbons (Fsp3) is 0. The van der Waals surface area contributed by atoms with Gasteiger partial charge in [0.1, 0.15) is 27.2 Å². The van der Waals surface area contributed by atoms with Crippen LogP contribution in [-0.2, 0) is 0 Å². The van der Waals surface area contributed by atoms with Crippen molar-refractivity contribution < 1.29 is 19.4 Å². The van der Waals surface area contributed by atoms with E-state index in [-0.39, 0.29) is 17.1 Å². The Kier molecular flexibility index (Phi) is 4.68. The predicted molar refractivity (Wildman–Crippen MR) is 92.1 cm³/mol. The number of nitrogens with one attached hydrogen (secondary N) is 1. The van der Waals surface area contributed by atoms with Crippen LogP contribution < -0.4 is 4.72 Å². The summed E-state index contributed by atoms with van der Waals surface area (Å²) in [6.07, 6.45) is 0. The van der Waals surface area contributed by atoms with Crippen LogP contribution in [0.5, 0.6) is 5.75 Å². The van der Waals surface area contributed by atoms with Gasteiger partial charge in [-0.1, -0.05) is 0 Å². The summed E-state index contributed by atoms with van der Waals surface area (Å²) in [4.78, 5) is 15.3. The molecule has 0 saturated heterocycles. The van der Waals surface area contributed by atoms with E-state index in [0.29, 0.717) is 10.7 Å². The average molecular weight is 362 g/mol. The van der Waals surface area contributed by atoms with Crippen LogP contribution in [0.1, 0.15) is 10.4 Å². The summed E-state index contributed by atoms with van der Waals surface area (Å²) in [6.45, 7) is 0. The van der Waals surface area contributed by atoms with Gasteiger partial charge in [0.05, 0.1) is 0 Å². The molecule has 122 valence electrons. The van der Waals surface area contributed by atoms with Gasteiger partial charge < -0.3 is 14.9 Å². The molecule has 3 rings (SSSR count). The van der Waals surface area contributed by atoms with Crippen LogP contribution in [0.25, 0.3) is 10.6 Å². The van der Waals surface area contributed by atoms with Gasteiger partial charge in [0, 0.05) is 34.6 Å². The SMILES string of the molecule is O=C(O)c1ccc(NSc2csc(-c3ccc(F)cc3)n2)cc1O. The first-order valence-corrected chi connectivity index (χ1v) is 8.43. The Balaban J connectivity index is 1.68. The maximum Gasteiger partial charge on any atom is 0.339 e. The molecule has 0 radical (unpaired) electrons. The van der Waals surface area contributed by atoms with Gasteiger partial charge in [0.25, 0.3) is 0 Å². The minimum Gasteiger partial charge on any atom is -0.507 e. The summed E-state index contributed by atoms with van der Waals surface area (Å²) in [6, 6.07) is 10.3. The summed E-state index contributed by atoms with van der Waals surface area (Å²) in [7, 11) is 0. The summed E-state index contributed by atoms with van der Waals surface area (Å²) in [5.41, 5.74) is 1.23. The Morgan fingerprint density at radius 2 is 1.96 bits per heavy atom. The van der Waals surface area contributed by atoms with Crippen molar-refractivity contribution >= 4 is 34.9 Å². The fourth-order valence-corrected chi connectivity index (χ4v) is 3.49. The fourth-order valence-electron chi connectivity index (χ4n) is 1.92. The zero-order chi connectivity index (χ0) is 17.1. The van der Waals surface area contributed by atoms with E-state index in [4.69, 9.17) is 5.11 Å². The number of aromatic carboxylic acids is 1. The Bertz CT molecular complexity index is 881. The van der Waals surface area contributed by atoms with Crippen molar-refractivity contribution in [3.8, 4) is 16.3 Å². The van der Waals surface area contributed by atoms with Crippen molar-refractivity contribution in [3.05, 3.63) is 59.2 Å². The highest BCUT2D eigenvalue weighted by Gasteiger charge is 2.10. The number of aromatic nitrogens is 1. The van der Waals surface area contributed by atoms with Crippen LogP contribution >= 0.6 is 23.3 Å². The maximum absolute atomic E-state index is 12.9. The molecule has 0 spiro atoms. The zero-order valence-corrected chi connectivity index (χ0v) is 13.7. The normalized spacial score (nSPS) is 10.5. The molecule has 0 amide bonds. The van der Waals surface area contributed by atoms with Crippen LogP contribution in [-0.4, -0.2) is 21.2 Å². The zero-order valence-electron chi connectivity index (χ0n) is 12.1. The topological polar surface area (TPSA) is 82.5 Å². The third-order valence-electron chi connectivity index (χ3n) is 3.08. The highest BCUT2D eigenvalue weighted by atomic mass is 32.2. The monoisotopic (exact) mass is 362 g/mol. The van der Waals surface area contributed by atoms with Gasteiger partial charge in [-0.25, -0.2) is 14.2 Å². The number of benzene rings is 2. The molecule has 3 aromatic rings. The number of thiazole rings is 1. The molecule has 0 unspecified atom stereocenters. The Morgan fingerprint density at radius 3 is 2.62 bits per heavy atom. The lowest BCUT2D eigenvalue weighted by atomic mass is 10.2. The van der Waals surface area contributed by atoms with E-state index in [1.165, 1.54) is 47.6 Å². The van der Waals surface area contributed by atoms with E-state index in [1.807, 2.05) is 5.38 Å². The van der Waals surface area contributed by atoms with Crippen LogP contribution in [0.4, 0.5) is 10.1 Å². The van der Waals surface area contributed by atoms with Crippen molar-refractivity contribution in [1.29, 1.82) is 0 Å². The lowest BCUT2D eigenvalue weighted by Crippen LogP contribution is -1.97. The van der Waals surface area contributed by atoms with Gasteiger partial charge in [0.15, 0.2) is 0 Å². The molecular weight excluding hydrogens is 351 g/mol. The number of nitrogens with zero attached hydrogens (tertiary/aromatic N) is 1. The summed E-state index contributed by atoms with van der Waals surface area (Å²) < 4.78 is 15.9. The maximum atomic E-state index is 12.9. The second kappa shape index (κ2) is 6.90. The molecule has 0 bridgehead atoms. The minimum absolute atomic E-state index is 0.155. The van der Waals surface area contributed by atoms with Crippen LogP contribution in [0, 0.1) is 5.82 Å². The molecule has 0 aliphatic rings. The molecule has 8 heteroatoms. The minimum atomic E-state index is -1.19. The first-order valence-electron chi connectivity index (χ1n) is 6.73. The van der Waals surface area contributed by atoms with Gasteiger partial charge in [-0.2, -0.15) is 0 Å². The lowest BCUT2D eigenvalue weighted by molar-refractivity contribution is 0.0694. The van der Waals surface area contributed by atoms with Gasteiger partial charge >= 0.3 is 5.97 Å². The third kappa shape index (κ3) is 3.66. The number of hydrogen-bond acceptors (Lipinski definition) is 6. The number of anilines is 1. The second-order valence-corrected chi connectivity index (χ2v) is 6.42. The highest BCUT2D eigenvalue weighted by molar-refractivity contribution is 8.00. The summed E-state index contributed by atoms with van der Waals surface area (Å²) in [5, 5.41) is 21.9. The van der Waals surface area contributed by atoms with Gasteiger partial charge in [-0.3, -0.25) is 0 Å². The van der Waals surface area contributed by atoms with Crippen molar-refractivity contribution in [2.45, 2.75) is 5.03 Å². The molecule has 0 fully saturated rings. The van der Waals surface area contributed by atoms with Crippen molar-refractivity contribution in [3.63, 3.8) is 0 Å². The number of phenols is 1. The van der Waals surface area contributed by atoms with E-state index in [2.05, 4.69) is 9.71 Å². The first kappa shape index (κ1) is 16.3. The number of halogens is 1. The highest BCUT2D eigenvalue weighted by Crippen LogP contribution is 2.30. The summed E-state index contributed by atoms with van der Waals surface area (Å²) >= 11 is 2.66. The molecule has 1 aromatic heterocycles. The molecule has 24 heavy (non-hydrogen) atoms. The number of aromatic hydroxyl groups is 1. The molecule has 1 heterocycles. The van der Waals surface area contributed by atoms with E-state index >= 15 is 0 Å². The van der Waals surface area contributed by atoms with Crippen molar-refractivity contribution in [1.82, 2.24) is 4.98 Å². The lowest BCUT2D eigenvalue weighted by Gasteiger charge is -2.05. The Morgan fingerprint density at radius 1 is 1.21 bits per heavy atom. The second-order valence-electron chi connectivity index (χ2n) is 4.74. The average Bonchev–Trinajstić information content (AvgIpc) is 3.02. The van der Waals surface area contributed by atoms with Crippen molar-refractivity contribution in [2.75, 3.05) is 4.72 Å². The number of carboxylic acids is 1. The first-order chi connectivity index (χ1) is 11.5. The predicted octanol–water partition coefficient (Wildman–Crippen LogP) is 4.47. The molecule has 5 nitrogen and oxygen atoms in total.